The van der Waals surface area contributed by atoms with Gasteiger partial charge in [-0.3, -0.25) is 14.6 Å². The molecule has 48 heavy (non-hydrogen) atoms. The molecule has 4 heterocycles. The van der Waals surface area contributed by atoms with E-state index in [2.05, 4.69) is 16.4 Å². The van der Waals surface area contributed by atoms with Gasteiger partial charge in [-0.15, -0.1) is 0 Å². The summed E-state index contributed by atoms with van der Waals surface area (Å²) >= 11 is 6.39. The first-order valence-corrected chi connectivity index (χ1v) is 16.4. The number of primary amides is 1. The van der Waals surface area contributed by atoms with E-state index in [0.29, 0.717) is 40.7 Å². The molecule has 1 saturated carbocycles. The molecule has 3 aromatic rings. The lowest BCUT2D eigenvalue weighted by atomic mass is 9.82. The summed E-state index contributed by atoms with van der Waals surface area (Å²) in [6, 6.07) is 12.9. The van der Waals surface area contributed by atoms with E-state index >= 15 is 0 Å². The van der Waals surface area contributed by atoms with Crippen molar-refractivity contribution in [2.45, 2.75) is 43.9 Å². The van der Waals surface area contributed by atoms with Crippen LogP contribution in [0.2, 0.25) is 5.02 Å². The van der Waals surface area contributed by atoms with Gasteiger partial charge in [-0.05, 0) is 56.4 Å². The maximum Gasteiger partial charge on any atom is 0.251 e. The molecule has 0 spiro atoms. The number of fused-ring (bicyclic) bond motifs is 2. The number of aromatic nitrogens is 2. The Morgan fingerprint density at radius 1 is 1.17 bits per heavy atom. The van der Waals surface area contributed by atoms with Gasteiger partial charge in [0.05, 0.1) is 18.5 Å². The zero-order valence-corrected chi connectivity index (χ0v) is 27.4. The van der Waals surface area contributed by atoms with Gasteiger partial charge in [-0.1, -0.05) is 54.1 Å². The van der Waals surface area contributed by atoms with Crippen LogP contribution in [-0.4, -0.2) is 47.8 Å². The molecule has 0 radical (unpaired) electrons. The maximum absolute atomic E-state index is 14.6. The summed E-state index contributed by atoms with van der Waals surface area (Å²) < 4.78 is 26.3. The molecule has 4 aliphatic rings. The molecule has 11 heteroatoms. The van der Waals surface area contributed by atoms with Gasteiger partial charge in [0.2, 0.25) is 11.9 Å². The number of amides is 2. The monoisotopic (exact) mass is 667 g/mol. The van der Waals surface area contributed by atoms with Crippen molar-refractivity contribution < 1.29 is 23.5 Å². The average Bonchev–Trinajstić information content (AvgIpc) is 3.91. The Labute approximate surface area is 282 Å². The second-order valence-electron chi connectivity index (χ2n) is 12.8. The highest BCUT2D eigenvalue weighted by Crippen LogP contribution is 2.47. The third kappa shape index (κ3) is 5.78. The quantitative estimate of drug-likeness (QED) is 0.272. The number of carbonyl (C=O) groups is 2. The first-order valence-electron chi connectivity index (χ1n) is 16.0. The lowest BCUT2D eigenvalue weighted by molar-refractivity contribution is -0.123. The fourth-order valence-corrected chi connectivity index (χ4v) is 6.76. The van der Waals surface area contributed by atoms with Crippen molar-refractivity contribution in [3.05, 3.63) is 112 Å². The van der Waals surface area contributed by atoms with Crippen LogP contribution >= 0.6 is 11.6 Å². The van der Waals surface area contributed by atoms with Gasteiger partial charge in [0.25, 0.3) is 5.91 Å². The largest absolute Gasteiger partial charge is 0.495 e. The number of carbonyl (C=O) groups excluding carboxylic acids is 2. The standard InChI is InChI=1S/C37H35ClFN5O4/c1-37(36(40)46)19-48-33-26(37)17-28(44-32(33)24-14-15-41-34(39)30(24)38)25(20-6-4-3-5-7-20)18-42-35(45)23-11-10-22-12-13-27(21-8-9-21)43-31(22)29(16-23)47-2/h3-7,11,13-17,21-22,25H,8-10,12,18-19H2,1-2H3,(H2,40,46)(H,42,45)/t22?,25-,37-/m0/s1. The Balaban J connectivity index is 1.25. The summed E-state index contributed by atoms with van der Waals surface area (Å²) in [6.45, 7) is 1.85. The van der Waals surface area contributed by atoms with Gasteiger partial charge < -0.3 is 20.5 Å². The Kier molecular flexibility index (Phi) is 8.37. The number of hydrogen-bond acceptors (Lipinski definition) is 7. The van der Waals surface area contributed by atoms with Gasteiger partial charge in [0.15, 0.2) is 0 Å². The molecule has 3 N–H and O–H groups in total. The number of benzene rings is 1. The third-order valence-electron chi connectivity index (χ3n) is 9.65. The molecule has 0 bridgehead atoms. The van der Waals surface area contributed by atoms with Crippen molar-refractivity contribution in [3.63, 3.8) is 0 Å². The van der Waals surface area contributed by atoms with Crippen LogP contribution in [0.15, 0.2) is 88.9 Å². The summed E-state index contributed by atoms with van der Waals surface area (Å²) in [6.07, 6.45) is 11.1. The first kappa shape index (κ1) is 31.8. The highest BCUT2D eigenvalue weighted by Gasteiger charge is 2.44. The van der Waals surface area contributed by atoms with Crippen molar-refractivity contribution in [3.8, 4) is 17.0 Å². The lowest BCUT2D eigenvalue weighted by Gasteiger charge is -2.23. The number of allylic oxidation sites excluding steroid dienone is 4. The van der Waals surface area contributed by atoms with E-state index in [1.807, 2.05) is 36.4 Å². The van der Waals surface area contributed by atoms with Crippen molar-refractivity contribution in [2.75, 3.05) is 20.3 Å². The predicted octanol–water partition coefficient (Wildman–Crippen LogP) is 5.93. The Hall–Kier alpha value is -4.83. The SMILES string of the molecule is COC1=CC(C(=O)NC[C@@H](c2ccccc2)c2cc3c(c(-c4ccnc(F)c4Cl)n2)OC[C@]3(C)C(N)=O)=CCC2CC=C(C3CC3)N=C12. The van der Waals surface area contributed by atoms with Crippen LogP contribution in [0.3, 0.4) is 0 Å². The second-order valence-corrected chi connectivity index (χ2v) is 13.2. The van der Waals surface area contributed by atoms with Gasteiger partial charge in [-0.25, -0.2) is 9.97 Å². The van der Waals surface area contributed by atoms with Crippen LogP contribution in [0.4, 0.5) is 4.39 Å². The Morgan fingerprint density at radius 2 is 1.94 bits per heavy atom. The number of pyridine rings is 2. The molecule has 246 valence electrons. The lowest BCUT2D eigenvalue weighted by Crippen LogP contribution is -2.40. The molecule has 2 aromatic heterocycles. The number of nitrogens with one attached hydrogen (secondary N) is 1. The average molecular weight is 668 g/mol. The van der Waals surface area contributed by atoms with Crippen LogP contribution in [-0.2, 0) is 19.7 Å². The van der Waals surface area contributed by atoms with Gasteiger partial charge in [-0.2, -0.15) is 4.39 Å². The number of halogens is 2. The summed E-state index contributed by atoms with van der Waals surface area (Å²) in [5.74, 6) is -0.617. The number of nitrogens with two attached hydrogens (primary N) is 1. The van der Waals surface area contributed by atoms with Gasteiger partial charge >= 0.3 is 0 Å². The highest BCUT2D eigenvalue weighted by molar-refractivity contribution is 6.33. The first-order chi connectivity index (χ1) is 23.2. The minimum absolute atomic E-state index is 0.0139. The number of nitrogens with zero attached hydrogens (tertiary/aromatic N) is 3. The number of aliphatic imine (C=N–C) groups is 1. The molecule has 2 amide bonds. The van der Waals surface area contributed by atoms with Gasteiger partial charge in [0.1, 0.15) is 34.2 Å². The second kappa shape index (κ2) is 12.6. The summed E-state index contributed by atoms with van der Waals surface area (Å²) in [4.78, 5) is 40.1. The highest BCUT2D eigenvalue weighted by atomic mass is 35.5. The van der Waals surface area contributed by atoms with Crippen LogP contribution in [0.5, 0.6) is 5.75 Å². The molecule has 2 aliphatic carbocycles. The molecule has 0 saturated heterocycles. The molecule has 1 unspecified atom stereocenters. The van der Waals surface area contributed by atoms with Gasteiger partial charge in [0, 0.05) is 52.9 Å². The minimum Gasteiger partial charge on any atom is -0.495 e. The van der Waals surface area contributed by atoms with Crippen LogP contribution < -0.4 is 15.8 Å². The van der Waals surface area contributed by atoms with Crippen LogP contribution in [0, 0.1) is 17.8 Å². The number of ether oxygens (including phenoxy) is 2. The van der Waals surface area contributed by atoms with Crippen molar-refractivity contribution >= 4 is 29.1 Å². The summed E-state index contributed by atoms with van der Waals surface area (Å²) in [5.41, 5.74) is 9.62. The molecular formula is C37H35ClFN5O4. The fourth-order valence-electron chi connectivity index (χ4n) is 6.56. The smallest absolute Gasteiger partial charge is 0.251 e. The summed E-state index contributed by atoms with van der Waals surface area (Å²) in [5, 5.41) is 2.89. The van der Waals surface area contributed by atoms with Crippen LogP contribution in [0.25, 0.3) is 11.3 Å². The molecule has 7 rings (SSSR count). The van der Waals surface area contributed by atoms with E-state index in [1.54, 1.807) is 32.2 Å². The Bertz CT molecular complexity index is 1940. The fraction of sp³-hybridized carbons (Fsp3) is 0.324. The molecule has 2 aliphatic heterocycles. The predicted molar refractivity (Wildman–Crippen MR) is 180 cm³/mol. The van der Waals surface area contributed by atoms with Crippen LogP contribution in [0.1, 0.15) is 55.3 Å². The third-order valence-corrected chi connectivity index (χ3v) is 10.0. The number of methoxy groups -OCH3 is 1. The Morgan fingerprint density at radius 3 is 2.67 bits per heavy atom. The van der Waals surface area contributed by atoms with E-state index in [-0.39, 0.29) is 41.3 Å². The summed E-state index contributed by atoms with van der Waals surface area (Å²) in [7, 11) is 1.61. The molecular weight excluding hydrogens is 633 g/mol. The van der Waals surface area contributed by atoms with E-state index < -0.39 is 23.2 Å². The minimum atomic E-state index is -1.18. The van der Waals surface area contributed by atoms with E-state index in [4.69, 9.17) is 36.8 Å². The molecule has 1 fully saturated rings. The molecule has 3 atom stereocenters. The number of rotatable bonds is 9. The maximum atomic E-state index is 14.6. The van der Waals surface area contributed by atoms with Crippen molar-refractivity contribution in [1.82, 2.24) is 15.3 Å². The number of hydrogen-bond donors (Lipinski definition) is 2. The van der Waals surface area contributed by atoms with E-state index in [9.17, 15) is 14.0 Å². The zero-order chi connectivity index (χ0) is 33.6. The van der Waals surface area contributed by atoms with Crippen molar-refractivity contribution in [2.24, 2.45) is 22.6 Å². The van der Waals surface area contributed by atoms with E-state index in [1.165, 1.54) is 6.20 Å². The molecule has 1 aromatic carbocycles. The molecule has 9 nitrogen and oxygen atoms in total. The van der Waals surface area contributed by atoms with Crippen molar-refractivity contribution in [1.29, 1.82) is 0 Å². The van der Waals surface area contributed by atoms with E-state index in [0.717, 1.165) is 36.2 Å². The normalized spacial score (nSPS) is 22.0. The topological polar surface area (TPSA) is 129 Å². The zero-order valence-electron chi connectivity index (χ0n) is 26.6.